The van der Waals surface area contributed by atoms with Gasteiger partial charge in [0.2, 0.25) is 0 Å². The summed E-state index contributed by atoms with van der Waals surface area (Å²) in [6.45, 7) is 3.19. The Kier molecular flexibility index (Phi) is 3.64. The van der Waals surface area contributed by atoms with Gasteiger partial charge in [0.25, 0.3) is 5.56 Å². The van der Waals surface area contributed by atoms with Gasteiger partial charge in [-0.15, -0.1) is 0 Å². The number of nitrogens with one attached hydrogen (secondary N) is 1. The molecule has 0 spiro atoms. The fraction of sp³-hybridized carbons (Fsp3) is 0.583. The standard InChI is InChI=1S/C12H17N3O3/c1-8-13-10(7-11(16)14-8)15-5-3-9(4-6-15)12(17)18-2/h7,9H,3-6H2,1-2H3,(H,13,14,16). The summed E-state index contributed by atoms with van der Waals surface area (Å²) in [4.78, 5) is 31.7. The van der Waals surface area contributed by atoms with Gasteiger partial charge in [0.15, 0.2) is 0 Å². The smallest absolute Gasteiger partial charge is 0.308 e. The second-order valence-corrected chi connectivity index (χ2v) is 4.47. The van der Waals surface area contributed by atoms with Gasteiger partial charge < -0.3 is 14.6 Å². The Hall–Kier alpha value is -1.85. The Bertz CT molecular complexity index is 490. The molecule has 0 saturated carbocycles. The molecule has 6 heteroatoms. The molecular formula is C12H17N3O3. The fourth-order valence-corrected chi connectivity index (χ4v) is 2.24. The molecule has 1 aromatic heterocycles. The first kappa shape index (κ1) is 12.6. The molecule has 18 heavy (non-hydrogen) atoms. The molecule has 1 saturated heterocycles. The number of aromatic nitrogens is 2. The molecule has 1 aliphatic heterocycles. The van der Waals surface area contributed by atoms with Crippen LogP contribution in [0.1, 0.15) is 18.7 Å². The lowest BCUT2D eigenvalue weighted by atomic mass is 9.97. The summed E-state index contributed by atoms with van der Waals surface area (Å²) in [7, 11) is 1.41. The Morgan fingerprint density at radius 1 is 1.50 bits per heavy atom. The highest BCUT2D eigenvalue weighted by Gasteiger charge is 2.26. The van der Waals surface area contributed by atoms with Crippen LogP contribution in [0.5, 0.6) is 0 Å². The Labute approximate surface area is 105 Å². The summed E-state index contributed by atoms with van der Waals surface area (Å²) in [5, 5.41) is 0. The Morgan fingerprint density at radius 3 is 2.72 bits per heavy atom. The van der Waals surface area contributed by atoms with E-state index in [9.17, 15) is 9.59 Å². The number of hydrogen-bond donors (Lipinski definition) is 1. The minimum Gasteiger partial charge on any atom is -0.469 e. The van der Waals surface area contributed by atoms with Gasteiger partial charge in [-0.25, -0.2) is 4.98 Å². The van der Waals surface area contributed by atoms with E-state index >= 15 is 0 Å². The van der Waals surface area contributed by atoms with Crippen LogP contribution in [0.15, 0.2) is 10.9 Å². The topological polar surface area (TPSA) is 75.3 Å². The van der Waals surface area contributed by atoms with Crippen LogP contribution in [0, 0.1) is 12.8 Å². The number of ether oxygens (including phenoxy) is 1. The van der Waals surface area contributed by atoms with Crippen molar-refractivity contribution in [2.24, 2.45) is 5.92 Å². The van der Waals surface area contributed by atoms with E-state index in [2.05, 4.69) is 9.97 Å². The van der Waals surface area contributed by atoms with Crippen LogP contribution >= 0.6 is 0 Å². The zero-order valence-electron chi connectivity index (χ0n) is 10.6. The van der Waals surface area contributed by atoms with Crippen molar-refractivity contribution < 1.29 is 9.53 Å². The van der Waals surface area contributed by atoms with Crippen LogP contribution in [0.2, 0.25) is 0 Å². The van der Waals surface area contributed by atoms with E-state index in [0.717, 1.165) is 25.9 Å². The number of anilines is 1. The maximum Gasteiger partial charge on any atom is 0.308 e. The molecule has 0 unspecified atom stereocenters. The molecular weight excluding hydrogens is 234 g/mol. The summed E-state index contributed by atoms with van der Waals surface area (Å²) in [5.74, 6) is 1.10. The normalized spacial score (nSPS) is 16.7. The number of methoxy groups -OCH3 is 1. The van der Waals surface area contributed by atoms with Gasteiger partial charge >= 0.3 is 5.97 Å². The average molecular weight is 251 g/mol. The summed E-state index contributed by atoms with van der Waals surface area (Å²) < 4.78 is 4.74. The quantitative estimate of drug-likeness (QED) is 0.773. The number of hydrogen-bond acceptors (Lipinski definition) is 5. The van der Waals surface area contributed by atoms with E-state index in [-0.39, 0.29) is 17.4 Å². The monoisotopic (exact) mass is 251 g/mol. The lowest BCUT2D eigenvalue weighted by Gasteiger charge is -2.31. The fourth-order valence-electron chi connectivity index (χ4n) is 2.24. The van der Waals surface area contributed by atoms with Crippen LogP contribution in [0.3, 0.4) is 0 Å². The molecule has 1 fully saturated rings. The van der Waals surface area contributed by atoms with Crippen molar-refractivity contribution in [3.63, 3.8) is 0 Å². The maximum absolute atomic E-state index is 11.4. The van der Waals surface area contributed by atoms with Crippen LogP contribution in [-0.2, 0) is 9.53 Å². The number of aromatic amines is 1. The molecule has 98 valence electrons. The second kappa shape index (κ2) is 5.20. The molecule has 1 aromatic rings. The molecule has 0 radical (unpaired) electrons. The van der Waals surface area contributed by atoms with Crippen molar-refractivity contribution in [2.45, 2.75) is 19.8 Å². The minimum absolute atomic E-state index is 0.0330. The number of nitrogens with zero attached hydrogens (tertiary/aromatic N) is 2. The van der Waals surface area contributed by atoms with Crippen molar-refractivity contribution in [3.8, 4) is 0 Å². The van der Waals surface area contributed by atoms with E-state index in [1.165, 1.54) is 13.2 Å². The van der Waals surface area contributed by atoms with Gasteiger partial charge in [0.05, 0.1) is 13.0 Å². The van der Waals surface area contributed by atoms with Gasteiger partial charge in [-0.05, 0) is 19.8 Å². The number of piperidine rings is 1. The Morgan fingerprint density at radius 2 is 2.17 bits per heavy atom. The molecule has 0 bridgehead atoms. The number of H-pyrrole nitrogens is 1. The molecule has 0 atom stereocenters. The average Bonchev–Trinajstić information content (AvgIpc) is 2.37. The number of esters is 1. The number of rotatable bonds is 2. The Balaban J connectivity index is 2.05. The number of carbonyl (C=O) groups is 1. The van der Waals surface area contributed by atoms with Gasteiger partial charge in [0.1, 0.15) is 11.6 Å². The van der Waals surface area contributed by atoms with Crippen molar-refractivity contribution in [1.29, 1.82) is 0 Å². The van der Waals surface area contributed by atoms with E-state index < -0.39 is 0 Å². The van der Waals surface area contributed by atoms with Crippen LogP contribution in [-0.4, -0.2) is 36.1 Å². The highest BCUT2D eigenvalue weighted by atomic mass is 16.5. The minimum atomic E-state index is -0.148. The molecule has 1 N–H and O–H groups in total. The maximum atomic E-state index is 11.4. The lowest BCUT2D eigenvalue weighted by molar-refractivity contribution is -0.146. The second-order valence-electron chi connectivity index (χ2n) is 4.47. The van der Waals surface area contributed by atoms with Gasteiger partial charge in [-0.1, -0.05) is 0 Å². The van der Waals surface area contributed by atoms with Gasteiger partial charge in [-0.2, -0.15) is 0 Å². The third-order valence-corrected chi connectivity index (χ3v) is 3.20. The summed E-state index contributed by atoms with van der Waals surface area (Å²) in [6, 6.07) is 1.49. The molecule has 0 amide bonds. The first-order valence-electron chi connectivity index (χ1n) is 6.01. The van der Waals surface area contributed by atoms with Gasteiger partial charge in [-0.3, -0.25) is 9.59 Å². The first-order chi connectivity index (χ1) is 8.60. The summed E-state index contributed by atoms with van der Waals surface area (Å²) in [5.41, 5.74) is -0.146. The molecule has 0 aliphatic carbocycles. The van der Waals surface area contributed by atoms with Crippen molar-refractivity contribution in [2.75, 3.05) is 25.1 Å². The summed E-state index contributed by atoms with van der Waals surface area (Å²) >= 11 is 0. The number of aryl methyl sites for hydroxylation is 1. The van der Waals surface area contributed by atoms with E-state index in [1.54, 1.807) is 6.92 Å². The zero-order valence-corrected chi connectivity index (χ0v) is 10.6. The van der Waals surface area contributed by atoms with Gasteiger partial charge in [0, 0.05) is 19.2 Å². The zero-order chi connectivity index (χ0) is 13.1. The van der Waals surface area contributed by atoms with E-state index in [4.69, 9.17) is 4.74 Å². The number of carbonyl (C=O) groups excluding carboxylic acids is 1. The predicted molar refractivity (Wildman–Crippen MR) is 66.5 cm³/mol. The van der Waals surface area contributed by atoms with Crippen LogP contribution < -0.4 is 10.5 Å². The largest absolute Gasteiger partial charge is 0.469 e. The lowest BCUT2D eigenvalue weighted by Crippen LogP contribution is -2.37. The SMILES string of the molecule is COC(=O)C1CCN(c2cc(=O)[nH]c(C)n2)CC1. The van der Waals surface area contributed by atoms with Crippen molar-refractivity contribution in [1.82, 2.24) is 9.97 Å². The molecule has 2 rings (SSSR count). The third kappa shape index (κ3) is 2.69. The molecule has 6 nitrogen and oxygen atoms in total. The molecule has 1 aliphatic rings. The first-order valence-corrected chi connectivity index (χ1v) is 6.01. The van der Waals surface area contributed by atoms with Crippen LogP contribution in [0.4, 0.5) is 5.82 Å². The van der Waals surface area contributed by atoms with Crippen molar-refractivity contribution in [3.05, 3.63) is 22.2 Å². The van der Waals surface area contributed by atoms with E-state index in [0.29, 0.717) is 11.6 Å². The van der Waals surface area contributed by atoms with Crippen LogP contribution in [0.25, 0.3) is 0 Å². The molecule has 0 aromatic carbocycles. The summed E-state index contributed by atoms with van der Waals surface area (Å²) in [6.07, 6.45) is 1.47. The predicted octanol–water partition coefficient (Wildman–Crippen LogP) is 0.468. The third-order valence-electron chi connectivity index (χ3n) is 3.20. The highest BCUT2D eigenvalue weighted by molar-refractivity contribution is 5.72. The molecule has 2 heterocycles. The highest BCUT2D eigenvalue weighted by Crippen LogP contribution is 2.21. The van der Waals surface area contributed by atoms with Crippen molar-refractivity contribution >= 4 is 11.8 Å². The van der Waals surface area contributed by atoms with E-state index in [1.807, 2.05) is 4.90 Å².